The summed E-state index contributed by atoms with van der Waals surface area (Å²) in [4.78, 5) is 26.2. The van der Waals surface area contributed by atoms with Crippen LogP contribution in [0.1, 0.15) is 18.0 Å². The number of rotatable bonds is 6. The van der Waals surface area contributed by atoms with E-state index in [-0.39, 0.29) is 11.8 Å². The summed E-state index contributed by atoms with van der Waals surface area (Å²) < 4.78 is 1.78. The number of aliphatic hydroxyl groups is 2. The van der Waals surface area contributed by atoms with Gasteiger partial charge < -0.3 is 25.4 Å². The van der Waals surface area contributed by atoms with E-state index in [0.29, 0.717) is 40.1 Å². The van der Waals surface area contributed by atoms with Gasteiger partial charge in [0.05, 0.1) is 23.9 Å². The zero-order valence-electron chi connectivity index (χ0n) is 17.5. The SMILES string of the molecule is CNC(=O)[C@]12C[C@H]1[C@@H](n1cnc3c(NCc4cccc(Cl)c4)nc(SC)nc31)[C@H](O)[C@@H]2O. The molecule has 0 bridgehead atoms. The van der Waals surface area contributed by atoms with Crippen LogP contribution in [0.5, 0.6) is 0 Å². The first-order valence-electron chi connectivity index (χ1n) is 10.3. The molecule has 0 spiro atoms. The summed E-state index contributed by atoms with van der Waals surface area (Å²) in [5, 5.41) is 28.6. The number of anilines is 1. The van der Waals surface area contributed by atoms with Gasteiger partial charge in [-0.3, -0.25) is 4.79 Å². The summed E-state index contributed by atoms with van der Waals surface area (Å²) in [5.41, 5.74) is 1.15. The van der Waals surface area contributed by atoms with Crippen molar-refractivity contribution in [3.63, 3.8) is 0 Å². The van der Waals surface area contributed by atoms with Crippen LogP contribution in [-0.4, -0.2) is 61.2 Å². The number of halogens is 1. The number of aromatic nitrogens is 4. The molecule has 3 aromatic rings. The van der Waals surface area contributed by atoms with Crippen molar-refractivity contribution in [3.05, 3.63) is 41.2 Å². The molecule has 5 rings (SSSR count). The highest BCUT2D eigenvalue weighted by Gasteiger charge is 2.75. The van der Waals surface area contributed by atoms with Crippen molar-refractivity contribution < 1.29 is 15.0 Å². The van der Waals surface area contributed by atoms with E-state index in [4.69, 9.17) is 11.6 Å². The topological polar surface area (TPSA) is 125 Å². The van der Waals surface area contributed by atoms with Crippen molar-refractivity contribution in [2.24, 2.45) is 11.3 Å². The van der Waals surface area contributed by atoms with Crippen LogP contribution < -0.4 is 10.6 Å². The van der Waals surface area contributed by atoms with Gasteiger partial charge in [-0.15, -0.1) is 0 Å². The molecule has 2 heterocycles. The molecule has 0 saturated heterocycles. The van der Waals surface area contributed by atoms with Gasteiger partial charge in [-0.2, -0.15) is 0 Å². The number of aliphatic hydroxyl groups excluding tert-OH is 2. The maximum Gasteiger partial charge on any atom is 0.229 e. The van der Waals surface area contributed by atoms with E-state index in [2.05, 4.69) is 25.6 Å². The number of carbonyl (C=O) groups is 1. The predicted molar refractivity (Wildman–Crippen MR) is 122 cm³/mol. The molecule has 4 N–H and O–H groups in total. The Labute approximate surface area is 193 Å². The van der Waals surface area contributed by atoms with Crippen LogP contribution in [0.25, 0.3) is 11.2 Å². The number of hydrogen-bond acceptors (Lipinski definition) is 8. The van der Waals surface area contributed by atoms with Gasteiger partial charge in [-0.25, -0.2) is 15.0 Å². The van der Waals surface area contributed by atoms with Crippen molar-refractivity contribution in [2.45, 2.75) is 36.4 Å². The van der Waals surface area contributed by atoms with E-state index in [0.717, 1.165) is 5.56 Å². The molecule has 2 aromatic heterocycles. The Bertz CT molecular complexity index is 1210. The van der Waals surface area contributed by atoms with Gasteiger partial charge in [0.1, 0.15) is 6.10 Å². The molecule has 32 heavy (non-hydrogen) atoms. The Kier molecular flexibility index (Phi) is 5.28. The number of imidazole rings is 1. The summed E-state index contributed by atoms with van der Waals surface area (Å²) in [6.45, 7) is 0.501. The highest BCUT2D eigenvalue weighted by Crippen LogP contribution is 2.67. The molecule has 0 aliphatic heterocycles. The third kappa shape index (κ3) is 3.16. The van der Waals surface area contributed by atoms with Gasteiger partial charge in [0.2, 0.25) is 5.91 Å². The van der Waals surface area contributed by atoms with Crippen molar-refractivity contribution in [1.29, 1.82) is 0 Å². The van der Waals surface area contributed by atoms with Crippen molar-refractivity contribution in [2.75, 3.05) is 18.6 Å². The van der Waals surface area contributed by atoms with E-state index in [1.165, 1.54) is 11.8 Å². The van der Waals surface area contributed by atoms with Crippen molar-refractivity contribution in [3.8, 4) is 0 Å². The van der Waals surface area contributed by atoms with Crippen LogP contribution >= 0.6 is 23.4 Å². The lowest BCUT2D eigenvalue weighted by Crippen LogP contribution is -2.41. The molecule has 11 heteroatoms. The Morgan fingerprint density at radius 3 is 2.91 bits per heavy atom. The summed E-state index contributed by atoms with van der Waals surface area (Å²) in [6, 6.07) is 7.05. The summed E-state index contributed by atoms with van der Waals surface area (Å²) in [5.74, 6) is 0.129. The molecular formula is C21H23ClN6O3S. The van der Waals surface area contributed by atoms with Crippen LogP contribution in [0.4, 0.5) is 5.82 Å². The van der Waals surface area contributed by atoms with Gasteiger partial charge in [-0.05, 0) is 30.4 Å². The van der Waals surface area contributed by atoms with Crippen molar-refractivity contribution >= 4 is 46.3 Å². The fourth-order valence-electron chi connectivity index (χ4n) is 4.95. The largest absolute Gasteiger partial charge is 0.389 e. The zero-order chi connectivity index (χ0) is 22.6. The fourth-order valence-corrected chi connectivity index (χ4v) is 5.52. The number of benzene rings is 1. The van der Waals surface area contributed by atoms with E-state index in [9.17, 15) is 15.0 Å². The first-order chi connectivity index (χ1) is 15.4. The van der Waals surface area contributed by atoms with Crippen LogP contribution in [0.3, 0.4) is 0 Å². The van der Waals surface area contributed by atoms with Gasteiger partial charge in [-0.1, -0.05) is 35.5 Å². The molecule has 168 valence electrons. The lowest BCUT2D eigenvalue weighted by Gasteiger charge is -2.23. The maximum absolute atomic E-state index is 12.5. The van der Waals surface area contributed by atoms with Crippen LogP contribution in [0.2, 0.25) is 5.02 Å². The van der Waals surface area contributed by atoms with E-state index in [1.54, 1.807) is 17.9 Å². The number of nitrogens with one attached hydrogen (secondary N) is 2. The molecule has 1 aromatic carbocycles. The average molecular weight is 475 g/mol. The van der Waals surface area contributed by atoms with E-state index >= 15 is 0 Å². The smallest absolute Gasteiger partial charge is 0.229 e. The number of carbonyl (C=O) groups excluding carboxylic acids is 1. The van der Waals surface area contributed by atoms with Gasteiger partial charge in [0.25, 0.3) is 0 Å². The second kappa shape index (κ2) is 7.87. The summed E-state index contributed by atoms with van der Waals surface area (Å²) >= 11 is 7.48. The molecule has 0 unspecified atom stereocenters. The third-order valence-electron chi connectivity index (χ3n) is 6.58. The monoisotopic (exact) mass is 474 g/mol. The van der Waals surface area contributed by atoms with Gasteiger partial charge in [0, 0.05) is 24.5 Å². The predicted octanol–water partition coefficient (Wildman–Crippen LogP) is 1.84. The van der Waals surface area contributed by atoms with Crippen LogP contribution in [0.15, 0.2) is 35.7 Å². The molecule has 2 aliphatic rings. The third-order valence-corrected chi connectivity index (χ3v) is 7.36. The average Bonchev–Trinajstić information content (AvgIpc) is 3.33. The number of amides is 1. The molecule has 2 fully saturated rings. The minimum atomic E-state index is -1.14. The number of thioether (sulfide) groups is 1. The first kappa shape index (κ1) is 21.4. The molecule has 2 aliphatic carbocycles. The van der Waals surface area contributed by atoms with E-state index in [1.807, 2.05) is 30.5 Å². The quantitative estimate of drug-likeness (QED) is 0.315. The second-order valence-corrected chi connectivity index (χ2v) is 9.43. The Morgan fingerprint density at radius 2 is 2.19 bits per heavy atom. The minimum Gasteiger partial charge on any atom is -0.389 e. The number of fused-ring (bicyclic) bond motifs is 2. The Balaban J connectivity index is 1.51. The molecular weight excluding hydrogens is 452 g/mol. The molecule has 2 saturated carbocycles. The van der Waals surface area contributed by atoms with Crippen molar-refractivity contribution in [1.82, 2.24) is 24.8 Å². The lowest BCUT2D eigenvalue weighted by molar-refractivity contribution is -0.132. The van der Waals surface area contributed by atoms with Gasteiger partial charge >= 0.3 is 0 Å². The molecule has 5 atom stereocenters. The van der Waals surface area contributed by atoms with Gasteiger partial charge in [0.15, 0.2) is 22.1 Å². The molecule has 1 amide bonds. The Morgan fingerprint density at radius 1 is 1.38 bits per heavy atom. The number of nitrogens with zero attached hydrogens (tertiary/aromatic N) is 4. The zero-order valence-corrected chi connectivity index (χ0v) is 19.1. The Hall–Kier alpha value is -2.40. The lowest BCUT2D eigenvalue weighted by atomic mass is 9.98. The number of hydrogen-bond donors (Lipinski definition) is 4. The highest BCUT2D eigenvalue weighted by molar-refractivity contribution is 7.98. The summed E-state index contributed by atoms with van der Waals surface area (Å²) in [6.07, 6.45) is 1.76. The van der Waals surface area contributed by atoms with Crippen LogP contribution in [0, 0.1) is 11.3 Å². The maximum atomic E-state index is 12.5. The molecule has 0 radical (unpaired) electrons. The standard InChI is InChI=1S/C21H23ClN6O3S/c1-23-19(31)21-7-12(21)14(15(29)16(21)30)28-9-25-13-17(26-20(32-2)27-18(13)28)24-8-10-4-3-5-11(22)6-10/h3-6,9,12,14-16,29-30H,7-8H2,1-2H3,(H,23,31)(H,24,26,27)/t12-,14+,15-,16-,21+/m0/s1. The normalized spacial score (nSPS) is 28.5. The second-order valence-electron chi connectivity index (χ2n) is 8.22. The summed E-state index contributed by atoms with van der Waals surface area (Å²) in [7, 11) is 1.54. The van der Waals surface area contributed by atoms with Crippen LogP contribution in [-0.2, 0) is 11.3 Å². The van der Waals surface area contributed by atoms with E-state index < -0.39 is 23.7 Å². The fraction of sp³-hybridized carbons (Fsp3) is 0.429. The minimum absolute atomic E-state index is 0.194. The first-order valence-corrected chi connectivity index (χ1v) is 11.9. The molecule has 9 nitrogen and oxygen atoms in total. The highest BCUT2D eigenvalue weighted by atomic mass is 35.5.